The first kappa shape index (κ1) is 20.0. The molecule has 29 heavy (non-hydrogen) atoms. The van der Waals surface area contributed by atoms with Crippen LogP contribution in [0.2, 0.25) is 0 Å². The van der Waals surface area contributed by atoms with Gasteiger partial charge in [-0.25, -0.2) is 22.7 Å². The van der Waals surface area contributed by atoms with Gasteiger partial charge in [0.25, 0.3) is 0 Å². The third-order valence-corrected chi connectivity index (χ3v) is 7.47. The molecule has 0 amide bonds. The quantitative estimate of drug-likeness (QED) is 0.790. The predicted molar refractivity (Wildman–Crippen MR) is 100 cm³/mol. The lowest BCUT2D eigenvalue weighted by Crippen LogP contribution is -2.43. The Bertz CT molecular complexity index is 973. The zero-order valence-corrected chi connectivity index (χ0v) is 16.2. The molecule has 2 fully saturated rings. The Morgan fingerprint density at radius 3 is 2.28 bits per heavy atom. The Kier molecular flexibility index (Phi) is 5.19. The molecule has 2 aliphatic rings. The van der Waals surface area contributed by atoms with E-state index in [9.17, 15) is 21.6 Å². The first-order valence-corrected chi connectivity index (χ1v) is 10.9. The van der Waals surface area contributed by atoms with Gasteiger partial charge in [-0.2, -0.15) is 13.2 Å². The minimum atomic E-state index is -4.61. The van der Waals surface area contributed by atoms with Crippen LogP contribution in [0.15, 0.2) is 30.6 Å². The highest BCUT2D eigenvalue weighted by Gasteiger charge is 2.41. The number of sulfonamides is 1. The van der Waals surface area contributed by atoms with Gasteiger partial charge in [-0.15, -0.1) is 0 Å². The summed E-state index contributed by atoms with van der Waals surface area (Å²) in [5, 5.41) is 2.77. The number of piperidine rings is 1. The predicted octanol–water partition coefficient (Wildman–Crippen LogP) is 2.93. The van der Waals surface area contributed by atoms with Crippen LogP contribution >= 0.6 is 0 Å². The van der Waals surface area contributed by atoms with Crippen molar-refractivity contribution >= 4 is 15.8 Å². The molecule has 0 bridgehead atoms. The van der Waals surface area contributed by atoms with Gasteiger partial charge < -0.3 is 5.32 Å². The van der Waals surface area contributed by atoms with E-state index in [-0.39, 0.29) is 22.9 Å². The molecule has 0 radical (unpaired) electrons. The zero-order valence-electron chi connectivity index (χ0n) is 15.4. The van der Waals surface area contributed by atoms with Gasteiger partial charge in [-0.1, -0.05) is 0 Å². The number of nitrogens with one attached hydrogen (secondary N) is 1. The number of halogens is 3. The topological polar surface area (TPSA) is 88.1 Å². The average Bonchev–Trinajstić information content (AvgIpc) is 3.54. The summed E-state index contributed by atoms with van der Waals surface area (Å²) in [6.45, 7) is 0.704. The number of hydrogen-bond donors (Lipinski definition) is 1. The van der Waals surface area contributed by atoms with Gasteiger partial charge >= 0.3 is 6.18 Å². The van der Waals surface area contributed by atoms with Crippen molar-refractivity contribution in [2.24, 2.45) is 0 Å². The standard InChI is InChI=1S/C18H20F3N5O2S/c19-18(20,21)15-11-16(25-17(24-15)12-3-7-22-8-4-12)23-13-5-9-26(10-6-13)29(27,28)14-1-2-14/h3-4,7-8,11,13-14H,1-2,5-6,9-10H2,(H,23,24,25). The van der Waals surface area contributed by atoms with Crippen LogP contribution in [0.25, 0.3) is 11.4 Å². The van der Waals surface area contributed by atoms with Crippen LogP contribution in [-0.4, -0.2) is 52.1 Å². The number of rotatable bonds is 5. The van der Waals surface area contributed by atoms with Gasteiger partial charge in [-0.05, 0) is 37.8 Å². The summed E-state index contributed by atoms with van der Waals surface area (Å²) in [6, 6.07) is 3.81. The lowest BCUT2D eigenvalue weighted by atomic mass is 10.1. The molecule has 1 aliphatic carbocycles. The largest absolute Gasteiger partial charge is 0.433 e. The first-order valence-electron chi connectivity index (χ1n) is 9.35. The van der Waals surface area contributed by atoms with E-state index in [2.05, 4.69) is 20.3 Å². The first-order chi connectivity index (χ1) is 13.7. The van der Waals surface area contributed by atoms with Crippen molar-refractivity contribution in [1.29, 1.82) is 0 Å². The second kappa shape index (κ2) is 7.52. The summed E-state index contributed by atoms with van der Waals surface area (Å²) in [6.07, 6.45) is 0.732. The monoisotopic (exact) mass is 427 g/mol. The highest BCUT2D eigenvalue weighted by Crippen LogP contribution is 2.33. The van der Waals surface area contributed by atoms with E-state index in [0.29, 0.717) is 44.3 Å². The number of nitrogens with zero attached hydrogens (tertiary/aromatic N) is 4. The smallest absolute Gasteiger partial charge is 0.367 e. The van der Waals surface area contributed by atoms with Crippen LogP contribution in [0.5, 0.6) is 0 Å². The maximum absolute atomic E-state index is 13.3. The van der Waals surface area contributed by atoms with E-state index in [1.54, 1.807) is 12.1 Å². The van der Waals surface area contributed by atoms with Gasteiger partial charge in [0.1, 0.15) is 5.82 Å². The van der Waals surface area contributed by atoms with Crippen LogP contribution in [0.1, 0.15) is 31.4 Å². The summed E-state index contributed by atoms with van der Waals surface area (Å²) in [5.41, 5.74) is -0.602. The van der Waals surface area contributed by atoms with Crippen molar-refractivity contribution in [3.05, 3.63) is 36.3 Å². The van der Waals surface area contributed by atoms with Gasteiger partial charge in [0.05, 0.1) is 5.25 Å². The normalized spacial score (nSPS) is 19.3. The molecule has 4 rings (SSSR count). The molecule has 2 aromatic rings. The number of pyridine rings is 1. The third kappa shape index (κ3) is 4.50. The van der Waals surface area contributed by atoms with Crippen molar-refractivity contribution < 1.29 is 21.6 Å². The molecule has 0 unspecified atom stereocenters. The highest BCUT2D eigenvalue weighted by molar-refractivity contribution is 7.90. The maximum Gasteiger partial charge on any atom is 0.433 e. The van der Waals surface area contributed by atoms with Gasteiger partial charge in [0, 0.05) is 43.2 Å². The van der Waals surface area contributed by atoms with Gasteiger partial charge in [0.2, 0.25) is 10.0 Å². The van der Waals surface area contributed by atoms with Crippen LogP contribution in [0.3, 0.4) is 0 Å². The minimum Gasteiger partial charge on any atom is -0.367 e. The Morgan fingerprint density at radius 1 is 1.03 bits per heavy atom. The molecule has 0 spiro atoms. The second-order valence-electron chi connectivity index (χ2n) is 7.26. The number of aromatic nitrogens is 3. The minimum absolute atomic E-state index is 0.0431. The van der Waals surface area contributed by atoms with Crippen molar-refractivity contribution in [1.82, 2.24) is 19.3 Å². The Labute approximate surface area is 166 Å². The molecular formula is C18H20F3N5O2S. The van der Waals surface area contributed by atoms with Gasteiger partial charge in [0.15, 0.2) is 11.5 Å². The summed E-state index contributed by atoms with van der Waals surface area (Å²) in [5.74, 6) is 0.0288. The Balaban J connectivity index is 1.51. The summed E-state index contributed by atoms with van der Waals surface area (Å²) < 4.78 is 66.0. The van der Waals surface area contributed by atoms with E-state index < -0.39 is 21.9 Å². The Hall–Kier alpha value is -2.27. The molecule has 1 saturated carbocycles. The summed E-state index contributed by atoms with van der Waals surface area (Å²) in [4.78, 5) is 11.7. The molecule has 3 heterocycles. The second-order valence-corrected chi connectivity index (χ2v) is 9.47. The SMILES string of the molecule is O=S(=O)(C1CC1)N1CCC(Nc2cc(C(F)(F)F)nc(-c3ccncc3)n2)CC1. The third-order valence-electron chi connectivity index (χ3n) is 5.07. The molecule has 1 saturated heterocycles. The van der Waals surface area contributed by atoms with E-state index in [1.165, 1.54) is 16.7 Å². The van der Waals surface area contributed by atoms with Crippen molar-refractivity contribution in [2.75, 3.05) is 18.4 Å². The van der Waals surface area contributed by atoms with Crippen LogP contribution in [-0.2, 0) is 16.2 Å². The zero-order chi connectivity index (χ0) is 20.6. The molecule has 1 N–H and O–H groups in total. The number of hydrogen-bond acceptors (Lipinski definition) is 6. The highest BCUT2D eigenvalue weighted by atomic mass is 32.2. The average molecular weight is 427 g/mol. The number of alkyl halides is 3. The van der Waals surface area contributed by atoms with Crippen molar-refractivity contribution in [3.8, 4) is 11.4 Å². The van der Waals surface area contributed by atoms with E-state index in [1.807, 2.05) is 0 Å². The molecule has 7 nitrogen and oxygen atoms in total. The van der Waals surface area contributed by atoms with E-state index in [0.717, 1.165) is 6.07 Å². The molecular weight excluding hydrogens is 407 g/mol. The van der Waals surface area contributed by atoms with Gasteiger partial charge in [-0.3, -0.25) is 4.98 Å². The maximum atomic E-state index is 13.3. The molecule has 1 aliphatic heterocycles. The molecule has 2 aromatic heterocycles. The summed E-state index contributed by atoms with van der Waals surface area (Å²) >= 11 is 0. The fraction of sp³-hybridized carbons (Fsp3) is 0.500. The fourth-order valence-corrected chi connectivity index (χ4v) is 5.21. The van der Waals surface area contributed by atoms with E-state index >= 15 is 0 Å². The van der Waals surface area contributed by atoms with Crippen LogP contribution in [0, 0.1) is 0 Å². The van der Waals surface area contributed by atoms with Crippen LogP contribution < -0.4 is 5.32 Å². The Morgan fingerprint density at radius 2 is 1.69 bits per heavy atom. The van der Waals surface area contributed by atoms with Crippen molar-refractivity contribution in [3.63, 3.8) is 0 Å². The molecule has 0 aromatic carbocycles. The number of anilines is 1. The fourth-order valence-electron chi connectivity index (χ4n) is 3.34. The molecule has 11 heteroatoms. The molecule has 0 atom stereocenters. The molecule has 156 valence electrons. The van der Waals surface area contributed by atoms with E-state index in [4.69, 9.17) is 0 Å². The van der Waals surface area contributed by atoms with Crippen molar-refractivity contribution in [2.45, 2.75) is 43.2 Å². The lowest BCUT2D eigenvalue weighted by Gasteiger charge is -2.32. The summed E-state index contributed by atoms with van der Waals surface area (Å²) in [7, 11) is -3.23. The van der Waals surface area contributed by atoms with Crippen LogP contribution in [0.4, 0.5) is 19.0 Å². The lowest BCUT2D eigenvalue weighted by molar-refractivity contribution is -0.141.